The summed E-state index contributed by atoms with van der Waals surface area (Å²) in [6.07, 6.45) is 3.49. The first-order valence-electron chi connectivity index (χ1n) is 5.90. The van der Waals surface area contributed by atoms with E-state index in [2.05, 4.69) is 10.3 Å². The van der Waals surface area contributed by atoms with Gasteiger partial charge in [0.15, 0.2) is 0 Å². The quantitative estimate of drug-likeness (QED) is 0.836. The Morgan fingerprint density at radius 2 is 2.16 bits per heavy atom. The smallest absolute Gasteiger partial charge is 0.256 e. The van der Waals surface area contributed by atoms with E-state index in [4.69, 9.17) is 4.74 Å². The Hall–Kier alpha value is -2.62. The maximum Gasteiger partial charge on any atom is 0.256 e. The molecule has 1 aliphatic rings. The van der Waals surface area contributed by atoms with Crippen LogP contribution in [0.5, 0.6) is 5.75 Å². The molecular formula is C15H12N2O2. The number of pyridine rings is 1. The van der Waals surface area contributed by atoms with E-state index >= 15 is 0 Å². The molecule has 1 N–H and O–H groups in total. The Labute approximate surface area is 110 Å². The molecule has 1 aromatic heterocycles. The van der Waals surface area contributed by atoms with E-state index in [1.165, 1.54) is 0 Å². The first-order chi connectivity index (χ1) is 9.28. The molecular weight excluding hydrogens is 240 g/mol. The maximum atomic E-state index is 12.0. The van der Waals surface area contributed by atoms with Crippen molar-refractivity contribution in [1.29, 1.82) is 0 Å². The standard InChI is InChI=1S/C15H12N2O2/c1-19-11-5-6-12-13(15(18)17-14(12)9-11)8-10-4-2-3-7-16-10/h2-9H,1H3,(H,17,18)/b13-8-. The van der Waals surface area contributed by atoms with Crippen molar-refractivity contribution < 1.29 is 9.53 Å². The molecule has 0 atom stereocenters. The molecule has 0 unspecified atom stereocenters. The summed E-state index contributed by atoms with van der Waals surface area (Å²) in [4.78, 5) is 16.2. The summed E-state index contributed by atoms with van der Waals surface area (Å²) in [7, 11) is 1.60. The number of ether oxygens (including phenoxy) is 1. The molecule has 0 saturated heterocycles. The number of fused-ring (bicyclic) bond motifs is 1. The van der Waals surface area contributed by atoms with Crippen molar-refractivity contribution in [2.75, 3.05) is 12.4 Å². The summed E-state index contributed by atoms with van der Waals surface area (Å²) in [5.41, 5.74) is 3.02. The Balaban J connectivity index is 2.06. The molecule has 3 rings (SSSR count). The van der Waals surface area contributed by atoms with Crippen molar-refractivity contribution in [2.24, 2.45) is 0 Å². The molecule has 4 nitrogen and oxygen atoms in total. The van der Waals surface area contributed by atoms with E-state index < -0.39 is 0 Å². The van der Waals surface area contributed by atoms with Gasteiger partial charge >= 0.3 is 0 Å². The predicted octanol–water partition coefficient (Wildman–Crippen LogP) is 2.58. The normalized spacial score (nSPS) is 15.2. The minimum atomic E-state index is -0.117. The van der Waals surface area contributed by atoms with Crippen LogP contribution in [0.25, 0.3) is 11.6 Å². The molecule has 19 heavy (non-hydrogen) atoms. The van der Waals surface area contributed by atoms with E-state index in [-0.39, 0.29) is 5.91 Å². The summed E-state index contributed by atoms with van der Waals surface area (Å²) in [6.45, 7) is 0. The summed E-state index contributed by atoms with van der Waals surface area (Å²) in [6, 6.07) is 11.1. The Morgan fingerprint density at radius 3 is 2.89 bits per heavy atom. The van der Waals surface area contributed by atoms with E-state index in [1.54, 1.807) is 19.4 Å². The van der Waals surface area contributed by atoms with Gasteiger partial charge in [-0.3, -0.25) is 9.78 Å². The third-order valence-corrected chi connectivity index (χ3v) is 2.99. The van der Waals surface area contributed by atoms with Gasteiger partial charge in [-0.1, -0.05) is 6.07 Å². The van der Waals surface area contributed by atoms with Crippen molar-refractivity contribution in [3.8, 4) is 5.75 Å². The summed E-state index contributed by atoms with van der Waals surface area (Å²) in [5.74, 6) is 0.604. The minimum absolute atomic E-state index is 0.117. The summed E-state index contributed by atoms with van der Waals surface area (Å²) in [5, 5.41) is 2.83. The molecule has 1 aromatic carbocycles. The van der Waals surface area contributed by atoms with Crippen LogP contribution in [0.2, 0.25) is 0 Å². The van der Waals surface area contributed by atoms with E-state index in [0.717, 1.165) is 22.7 Å². The number of hydrogen-bond donors (Lipinski definition) is 1. The summed E-state index contributed by atoms with van der Waals surface area (Å²) >= 11 is 0. The van der Waals surface area contributed by atoms with Gasteiger partial charge in [0.05, 0.1) is 24.1 Å². The van der Waals surface area contributed by atoms with Crippen LogP contribution in [0.1, 0.15) is 11.3 Å². The number of nitrogens with zero attached hydrogens (tertiary/aromatic N) is 1. The van der Waals surface area contributed by atoms with Crippen molar-refractivity contribution in [2.45, 2.75) is 0 Å². The maximum absolute atomic E-state index is 12.0. The largest absolute Gasteiger partial charge is 0.497 e. The molecule has 0 spiro atoms. The average Bonchev–Trinajstić information content (AvgIpc) is 2.75. The van der Waals surface area contributed by atoms with Gasteiger partial charge in [0.1, 0.15) is 5.75 Å². The van der Waals surface area contributed by atoms with Crippen LogP contribution in [-0.2, 0) is 4.79 Å². The lowest BCUT2D eigenvalue weighted by Crippen LogP contribution is -2.03. The first kappa shape index (κ1) is 11.5. The molecule has 94 valence electrons. The van der Waals surface area contributed by atoms with Crippen LogP contribution >= 0.6 is 0 Å². The van der Waals surface area contributed by atoms with Crippen LogP contribution < -0.4 is 10.1 Å². The monoisotopic (exact) mass is 252 g/mol. The second-order valence-electron chi connectivity index (χ2n) is 4.18. The van der Waals surface area contributed by atoms with E-state index in [1.807, 2.05) is 36.4 Å². The minimum Gasteiger partial charge on any atom is -0.497 e. The molecule has 4 heteroatoms. The Kier molecular flexibility index (Phi) is 2.76. The van der Waals surface area contributed by atoms with Gasteiger partial charge in [-0.2, -0.15) is 0 Å². The van der Waals surface area contributed by atoms with Crippen molar-refractivity contribution in [3.63, 3.8) is 0 Å². The van der Waals surface area contributed by atoms with E-state index in [0.29, 0.717) is 5.57 Å². The number of rotatable bonds is 2. The van der Waals surface area contributed by atoms with Gasteiger partial charge in [0.25, 0.3) is 5.91 Å². The first-order valence-corrected chi connectivity index (χ1v) is 5.90. The fourth-order valence-electron chi connectivity index (χ4n) is 2.05. The highest BCUT2D eigenvalue weighted by atomic mass is 16.5. The van der Waals surface area contributed by atoms with Crippen LogP contribution in [-0.4, -0.2) is 18.0 Å². The second-order valence-corrected chi connectivity index (χ2v) is 4.18. The molecule has 2 heterocycles. The number of aromatic nitrogens is 1. The van der Waals surface area contributed by atoms with Gasteiger partial charge in [-0.05, 0) is 30.3 Å². The fraction of sp³-hybridized carbons (Fsp3) is 0.0667. The number of carbonyl (C=O) groups excluding carboxylic acids is 1. The topological polar surface area (TPSA) is 51.2 Å². The predicted molar refractivity (Wildman–Crippen MR) is 73.7 cm³/mol. The molecule has 0 radical (unpaired) electrons. The van der Waals surface area contributed by atoms with Gasteiger partial charge in [-0.25, -0.2) is 0 Å². The average molecular weight is 252 g/mol. The lowest BCUT2D eigenvalue weighted by Gasteiger charge is -2.02. The number of amides is 1. The van der Waals surface area contributed by atoms with Gasteiger partial charge < -0.3 is 10.1 Å². The Bertz CT molecular complexity index is 663. The van der Waals surface area contributed by atoms with Crippen molar-refractivity contribution >= 4 is 23.2 Å². The highest BCUT2D eigenvalue weighted by Gasteiger charge is 2.24. The molecule has 0 fully saturated rings. The number of anilines is 1. The van der Waals surface area contributed by atoms with Crippen molar-refractivity contribution in [1.82, 2.24) is 4.98 Å². The molecule has 0 saturated carbocycles. The number of methoxy groups -OCH3 is 1. The SMILES string of the molecule is COc1ccc2c(c1)NC(=O)/C2=C\c1ccccn1. The third kappa shape index (κ3) is 2.08. The van der Waals surface area contributed by atoms with Gasteiger partial charge in [-0.15, -0.1) is 0 Å². The zero-order valence-corrected chi connectivity index (χ0v) is 10.4. The number of nitrogens with one attached hydrogen (secondary N) is 1. The van der Waals surface area contributed by atoms with Crippen LogP contribution in [0.4, 0.5) is 5.69 Å². The lowest BCUT2D eigenvalue weighted by molar-refractivity contribution is -0.110. The van der Waals surface area contributed by atoms with Gasteiger partial charge in [0, 0.05) is 17.8 Å². The van der Waals surface area contributed by atoms with Crippen molar-refractivity contribution in [3.05, 3.63) is 53.9 Å². The zero-order valence-electron chi connectivity index (χ0n) is 10.4. The third-order valence-electron chi connectivity index (χ3n) is 2.99. The molecule has 2 aromatic rings. The zero-order chi connectivity index (χ0) is 13.2. The number of benzene rings is 1. The molecule has 0 bridgehead atoms. The highest BCUT2D eigenvalue weighted by Crippen LogP contribution is 2.35. The van der Waals surface area contributed by atoms with Gasteiger partial charge in [0.2, 0.25) is 0 Å². The lowest BCUT2D eigenvalue weighted by atomic mass is 10.1. The number of hydrogen-bond acceptors (Lipinski definition) is 3. The highest BCUT2D eigenvalue weighted by molar-refractivity contribution is 6.34. The van der Waals surface area contributed by atoms with Crippen LogP contribution in [0, 0.1) is 0 Å². The summed E-state index contributed by atoms with van der Waals surface area (Å²) < 4.78 is 5.15. The second kappa shape index (κ2) is 4.57. The van der Waals surface area contributed by atoms with E-state index in [9.17, 15) is 4.79 Å². The Morgan fingerprint density at radius 1 is 1.26 bits per heavy atom. The number of carbonyl (C=O) groups is 1. The molecule has 1 aliphatic heterocycles. The van der Waals surface area contributed by atoms with Crippen LogP contribution in [0.15, 0.2) is 42.6 Å². The van der Waals surface area contributed by atoms with Crippen LogP contribution in [0.3, 0.4) is 0 Å². The fourth-order valence-corrected chi connectivity index (χ4v) is 2.05. The molecule has 0 aliphatic carbocycles. The molecule has 1 amide bonds.